The molecule has 0 bridgehead atoms. The fourth-order valence-corrected chi connectivity index (χ4v) is 1.88. The highest BCUT2D eigenvalue weighted by Crippen LogP contribution is 2.24. The second-order valence-electron chi connectivity index (χ2n) is 4.51. The highest BCUT2D eigenvalue weighted by molar-refractivity contribution is 5.96. The van der Waals surface area contributed by atoms with Crippen LogP contribution in [-0.2, 0) is 0 Å². The third kappa shape index (κ3) is 4.81. The van der Waals surface area contributed by atoms with Crippen molar-refractivity contribution in [3.8, 4) is 11.5 Å². The summed E-state index contributed by atoms with van der Waals surface area (Å²) in [5.74, 6) is 1.70. The number of nitrogens with two attached hydrogens (primary N) is 1. The SMILES string of the molecule is CCOc1ccc(/C=N\N=C(\N)c2ccccn2)c(OCC)c1. The molecular formula is C17H20N4O2. The van der Waals surface area contributed by atoms with Gasteiger partial charge < -0.3 is 15.2 Å². The quantitative estimate of drug-likeness (QED) is 0.484. The van der Waals surface area contributed by atoms with Crippen molar-refractivity contribution in [2.24, 2.45) is 15.9 Å². The molecule has 2 aromatic rings. The van der Waals surface area contributed by atoms with Crippen LogP contribution in [0.15, 0.2) is 52.8 Å². The highest BCUT2D eigenvalue weighted by Gasteiger charge is 2.04. The second kappa shape index (κ2) is 8.53. The third-order valence-corrected chi connectivity index (χ3v) is 2.89. The van der Waals surface area contributed by atoms with Gasteiger partial charge in [0, 0.05) is 17.8 Å². The molecule has 0 spiro atoms. The fraction of sp³-hybridized carbons (Fsp3) is 0.235. The Bertz CT molecular complexity index is 684. The summed E-state index contributed by atoms with van der Waals surface area (Å²) in [5.41, 5.74) is 7.23. The van der Waals surface area contributed by atoms with E-state index >= 15 is 0 Å². The smallest absolute Gasteiger partial charge is 0.171 e. The molecule has 0 atom stereocenters. The number of benzene rings is 1. The summed E-state index contributed by atoms with van der Waals surface area (Å²) in [6.07, 6.45) is 3.25. The van der Waals surface area contributed by atoms with E-state index in [1.807, 2.05) is 44.2 Å². The molecular weight excluding hydrogens is 292 g/mol. The van der Waals surface area contributed by atoms with Crippen LogP contribution in [-0.4, -0.2) is 30.2 Å². The minimum atomic E-state index is 0.255. The second-order valence-corrected chi connectivity index (χ2v) is 4.51. The van der Waals surface area contributed by atoms with Crippen LogP contribution in [0.3, 0.4) is 0 Å². The number of hydrogen-bond acceptors (Lipinski definition) is 5. The molecule has 120 valence electrons. The summed E-state index contributed by atoms with van der Waals surface area (Å²) in [4.78, 5) is 4.11. The summed E-state index contributed by atoms with van der Waals surface area (Å²) in [6, 6.07) is 11.0. The lowest BCUT2D eigenvalue weighted by Crippen LogP contribution is -2.14. The van der Waals surface area contributed by atoms with Crippen molar-refractivity contribution in [1.82, 2.24) is 4.98 Å². The van der Waals surface area contributed by atoms with Gasteiger partial charge in [0.15, 0.2) is 5.84 Å². The van der Waals surface area contributed by atoms with Crippen LogP contribution in [0.25, 0.3) is 0 Å². The Balaban J connectivity index is 2.18. The lowest BCUT2D eigenvalue weighted by Gasteiger charge is -2.09. The fourth-order valence-electron chi connectivity index (χ4n) is 1.88. The summed E-state index contributed by atoms with van der Waals surface area (Å²) in [5, 5.41) is 7.98. The molecule has 6 heteroatoms. The van der Waals surface area contributed by atoms with Crippen LogP contribution >= 0.6 is 0 Å². The van der Waals surface area contributed by atoms with Crippen LogP contribution in [0.1, 0.15) is 25.1 Å². The average Bonchev–Trinajstić information content (AvgIpc) is 2.58. The predicted octanol–water partition coefficient (Wildman–Crippen LogP) is 2.62. The summed E-state index contributed by atoms with van der Waals surface area (Å²) in [6.45, 7) is 5.01. The van der Waals surface area contributed by atoms with Gasteiger partial charge in [-0.3, -0.25) is 4.98 Å². The van der Waals surface area contributed by atoms with E-state index in [1.165, 1.54) is 0 Å². The maximum Gasteiger partial charge on any atom is 0.171 e. The molecule has 0 saturated heterocycles. The van der Waals surface area contributed by atoms with Crippen molar-refractivity contribution < 1.29 is 9.47 Å². The van der Waals surface area contributed by atoms with E-state index in [0.717, 1.165) is 11.3 Å². The minimum Gasteiger partial charge on any atom is -0.494 e. The molecule has 0 aliphatic heterocycles. The Morgan fingerprint density at radius 2 is 2.00 bits per heavy atom. The molecule has 2 N–H and O–H groups in total. The van der Waals surface area contributed by atoms with Gasteiger partial charge in [-0.25, -0.2) is 0 Å². The molecule has 0 aliphatic carbocycles. The van der Waals surface area contributed by atoms with Crippen molar-refractivity contribution >= 4 is 12.1 Å². The highest BCUT2D eigenvalue weighted by atomic mass is 16.5. The molecule has 0 radical (unpaired) electrons. The number of nitrogens with zero attached hydrogens (tertiary/aromatic N) is 3. The average molecular weight is 312 g/mol. The van der Waals surface area contributed by atoms with Crippen LogP contribution < -0.4 is 15.2 Å². The van der Waals surface area contributed by atoms with Crippen LogP contribution in [0.5, 0.6) is 11.5 Å². The summed E-state index contributed by atoms with van der Waals surface area (Å²) >= 11 is 0. The molecule has 0 saturated carbocycles. The Morgan fingerprint density at radius 1 is 1.17 bits per heavy atom. The topological polar surface area (TPSA) is 82.1 Å². The molecule has 0 aliphatic rings. The molecule has 1 heterocycles. The maximum atomic E-state index is 5.84. The molecule has 2 rings (SSSR count). The minimum absolute atomic E-state index is 0.255. The first kappa shape index (κ1) is 16.5. The van der Waals surface area contributed by atoms with Crippen molar-refractivity contribution in [1.29, 1.82) is 0 Å². The summed E-state index contributed by atoms with van der Waals surface area (Å²) < 4.78 is 11.1. The first-order valence-corrected chi connectivity index (χ1v) is 7.42. The first-order valence-electron chi connectivity index (χ1n) is 7.42. The number of rotatable bonds is 7. The first-order chi connectivity index (χ1) is 11.2. The largest absolute Gasteiger partial charge is 0.494 e. The normalized spacial score (nSPS) is 11.7. The zero-order valence-corrected chi connectivity index (χ0v) is 13.3. The number of aromatic nitrogens is 1. The van der Waals surface area contributed by atoms with Gasteiger partial charge in [0.1, 0.15) is 17.2 Å². The molecule has 23 heavy (non-hydrogen) atoms. The number of ether oxygens (including phenoxy) is 2. The van der Waals surface area contributed by atoms with Crippen molar-refractivity contribution in [2.45, 2.75) is 13.8 Å². The predicted molar refractivity (Wildman–Crippen MR) is 91.3 cm³/mol. The van der Waals surface area contributed by atoms with E-state index in [-0.39, 0.29) is 5.84 Å². The molecule has 0 amide bonds. The molecule has 1 aromatic heterocycles. The van der Waals surface area contributed by atoms with Crippen molar-refractivity contribution in [3.63, 3.8) is 0 Å². The van der Waals surface area contributed by atoms with Gasteiger partial charge >= 0.3 is 0 Å². The molecule has 0 unspecified atom stereocenters. The van der Waals surface area contributed by atoms with E-state index in [1.54, 1.807) is 18.5 Å². The molecule has 6 nitrogen and oxygen atoms in total. The van der Waals surface area contributed by atoms with E-state index in [4.69, 9.17) is 15.2 Å². The van der Waals surface area contributed by atoms with E-state index < -0.39 is 0 Å². The Kier molecular flexibility index (Phi) is 6.11. The Labute approximate surface area is 135 Å². The maximum absolute atomic E-state index is 5.84. The number of hydrogen-bond donors (Lipinski definition) is 1. The van der Waals surface area contributed by atoms with Gasteiger partial charge in [-0.1, -0.05) is 6.07 Å². The summed E-state index contributed by atoms with van der Waals surface area (Å²) in [7, 11) is 0. The van der Waals surface area contributed by atoms with Gasteiger partial charge in [-0.15, -0.1) is 5.10 Å². The van der Waals surface area contributed by atoms with Gasteiger partial charge in [0.2, 0.25) is 0 Å². The standard InChI is InChI=1S/C17H20N4O2/c1-3-22-14-9-8-13(16(11-14)23-4-2)12-20-21-17(18)15-7-5-6-10-19-15/h5-12H,3-4H2,1-2H3,(H2,18,21)/b20-12-. The molecule has 1 aromatic carbocycles. The molecule has 0 fully saturated rings. The Morgan fingerprint density at radius 3 is 2.70 bits per heavy atom. The van der Waals surface area contributed by atoms with E-state index in [0.29, 0.717) is 24.7 Å². The lowest BCUT2D eigenvalue weighted by molar-refractivity contribution is 0.323. The number of pyridine rings is 1. The van der Waals surface area contributed by atoms with E-state index in [9.17, 15) is 0 Å². The van der Waals surface area contributed by atoms with Crippen molar-refractivity contribution in [2.75, 3.05) is 13.2 Å². The van der Waals surface area contributed by atoms with Gasteiger partial charge in [-0.2, -0.15) is 5.10 Å². The van der Waals surface area contributed by atoms with E-state index in [2.05, 4.69) is 15.2 Å². The van der Waals surface area contributed by atoms with Crippen molar-refractivity contribution in [3.05, 3.63) is 53.9 Å². The van der Waals surface area contributed by atoms with Gasteiger partial charge in [-0.05, 0) is 38.1 Å². The number of amidine groups is 1. The lowest BCUT2D eigenvalue weighted by atomic mass is 10.2. The van der Waals surface area contributed by atoms with Gasteiger partial charge in [0.25, 0.3) is 0 Å². The zero-order chi connectivity index (χ0) is 16.5. The van der Waals surface area contributed by atoms with Gasteiger partial charge in [0.05, 0.1) is 19.4 Å². The van der Waals surface area contributed by atoms with Crippen LogP contribution in [0, 0.1) is 0 Å². The van der Waals surface area contributed by atoms with Crippen LogP contribution in [0.2, 0.25) is 0 Å². The zero-order valence-electron chi connectivity index (χ0n) is 13.3. The third-order valence-electron chi connectivity index (χ3n) is 2.89. The monoisotopic (exact) mass is 312 g/mol. The Hall–Kier alpha value is -2.89. The van der Waals surface area contributed by atoms with Crippen LogP contribution in [0.4, 0.5) is 0 Å².